The first kappa shape index (κ1) is 29.8. The van der Waals surface area contributed by atoms with Gasteiger partial charge in [-0.15, -0.1) is 0 Å². The highest BCUT2D eigenvalue weighted by Gasteiger charge is 2.32. The van der Waals surface area contributed by atoms with E-state index < -0.39 is 43.8 Å². The summed E-state index contributed by atoms with van der Waals surface area (Å²) >= 11 is 0. The van der Waals surface area contributed by atoms with Crippen molar-refractivity contribution in [2.24, 2.45) is 11.8 Å². The molecular formula is C26H36N4O6S2. The number of H-pyrrole nitrogens is 1. The van der Waals surface area contributed by atoms with Crippen LogP contribution in [0.25, 0.3) is 11.0 Å². The molecule has 3 atom stereocenters. The fraction of sp³-hybridized carbons (Fsp3) is 0.462. The van der Waals surface area contributed by atoms with Crippen LogP contribution in [0, 0.1) is 11.8 Å². The third-order valence-corrected chi connectivity index (χ3v) is 9.01. The van der Waals surface area contributed by atoms with Crippen LogP contribution in [0.5, 0.6) is 0 Å². The van der Waals surface area contributed by atoms with E-state index in [1.807, 2.05) is 44.2 Å². The lowest BCUT2D eigenvalue weighted by molar-refractivity contribution is -0.125. The molecule has 0 radical (unpaired) electrons. The summed E-state index contributed by atoms with van der Waals surface area (Å²) in [6.07, 6.45) is 1.50. The Kier molecular flexibility index (Phi) is 9.69. The predicted octanol–water partition coefficient (Wildman–Crippen LogP) is 1.98. The number of nitrogens with zero attached hydrogens (tertiary/aromatic N) is 2. The molecule has 0 saturated heterocycles. The van der Waals surface area contributed by atoms with Crippen molar-refractivity contribution < 1.29 is 26.7 Å². The Morgan fingerprint density at radius 3 is 2.37 bits per heavy atom. The molecule has 0 bridgehead atoms. The quantitative estimate of drug-likeness (QED) is 0.287. The largest absolute Gasteiger partial charge is 0.390 e. The molecule has 0 aliphatic carbocycles. The Labute approximate surface area is 224 Å². The van der Waals surface area contributed by atoms with Crippen molar-refractivity contribution in [1.29, 1.82) is 0 Å². The maximum Gasteiger partial charge on any atom is 0.243 e. The number of aromatic amines is 1. The fourth-order valence-corrected chi connectivity index (χ4v) is 6.95. The predicted molar refractivity (Wildman–Crippen MR) is 147 cm³/mol. The second kappa shape index (κ2) is 12.4. The van der Waals surface area contributed by atoms with E-state index >= 15 is 0 Å². The topological polar surface area (TPSA) is 150 Å². The summed E-state index contributed by atoms with van der Waals surface area (Å²) in [4.78, 5) is 20.0. The number of fused-ring (bicyclic) bond motifs is 1. The summed E-state index contributed by atoms with van der Waals surface area (Å²) in [5, 5.41) is 14.1. The van der Waals surface area contributed by atoms with Gasteiger partial charge in [0.2, 0.25) is 15.9 Å². The van der Waals surface area contributed by atoms with Crippen molar-refractivity contribution in [3.8, 4) is 0 Å². The first-order valence-electron chi connectivity index (χ1n) is 12.4. The van der Waals surface area contributed by atoms with Crippen LogP contribution in [-0.4, -0.2) is 79.4 Å². The van der Waals surface area contributed by atoms with Gasteiger partial charge in [0.1, 0.15) is 9.84 Å². The van der Waals surface area contributed by atoms with Crippen LogP contribution in [0.1, 0.15) is 26.3 Å². The smallest absolute Gasteiger partial charge is 0.243 e. The van der Waals surface area contributed by atoms with Crippen LogP contribution in [0.3, 0.4) is 0 Å². The highest BCUT2D eigenvalue weighted by Crippen LogP contribution is 2.22. The molecule has 208 valence electrons. The summed E-state index contributed by atoms with van der Waals surface area (Å²) < 4.78 is 52.0. The number of hydrogen-bond acceptors (Lipinski definition) is 7. The molecule has 2 aromatic carbocycles. The number of amides is 1. The molecule has 3 rings (SSSR count). The molecule has 3 aromatic rings. The molecule has 0 aliphatic rings. The minimum atomic E-state index is -4.00. The third kappa shape index (κ3) is 8.10. The number of benzene rings is 2. The highest BCUT2D eigenvalue weighted by molar-refractivity contribution is 7.90. The summed E-state index contributed by atoms with van der Waals surface area (Å²) in [6, 6.07) is 12.9. The summed E-state index contributed by atoms with van der Waals surface area (Å²) in [5.41, 5.74) is 2.04. The van der Waals surface area contributed by atoms with E-state index in [9.17, 15) is 26.7 Å². The minimum Gasteiger partial charge on any atom is -0.390 e. The Balaban J connectivity index is 1.88. The fourth-order valence-electron chi connectivity index (χ4n) is 4.24. The number of imidazole rings is 1. The second-order valence-electron chi connectivity index (χ2n) is 10.2. The standard InChI is InChI=1S/C26H36N4O6S2/c1-18(2)14-30(38(35,36)21-10-11-22-23(13-21)28-17-27-22)15-25(31)24(12-20-8-6-5-7-9-20)29-26(32)19(3)16-37(4,33)34/h5-11,13,17-19,24-25,31H,12,14-16H2,1-4H3,(H,27,28)(H,29,32). The maximum absolute atomic E-state index is 13.7. The molecule has 38 heavy (non-hydrogen) atoms. The number of aliphatic hydroxyl groups is 1. The number of hydrogen-bond donors (Lipinski definition) is 3. The lowest BCUT2D eigenvalue weighted by atomic mass is 10.00. The van der Waals surface area contributed by atoms with Crippen LogP contribution >= 0.6 is 0 Å². The van der Waals surface area contributed by atoms with E-state index in [0.29, 0.717) is 11.0 Å². The first-order chi connectivity index (χ1) is 17.8. The molecule has 1 aromatic heterocycles. The van der Waals surface area contributed by atoms with E-state index in [1.165, 1.54) is 29.7 Å². The molecule has 0 fully saturated rings. The Morgan fingerprint density at radius 1 is 1.05 bits per heavy atom. The summed E-state index contributed by atoms with van der Waals surface area (Å²) in [7, 11) is -7.40. The number of sulfone groups is 1. The zero-order valence-corrected chi connectivity index (χ0v) is 23.7. The number of carbonyl (C=O) groups is 1. The normalized spacial score (nSPS) is 15.0. The van der Waals surface area contributed by atoms with Crippen molar-refractivity contribution >= 4 is 36.8 Å². The number of carbonyl (C=O) groups excluding carboxylic acids is 1. The molecule has 0 aliphatic heterocycles. The molecular weight excluding hydrogens is 528 g/mol. The third-order valence-electron chi connectivity index (χ3n) is 6.08. The molecule has 3 unspecified atom stereocenters. The van der Waals surface area contributed by atoms with E-state index in [1.54, 1.807) is 6.07 Å². The number of aliphatic hydroxyl groups excluding tert-OH is 1. The minimum absolute atomic E-state index is 0.0372. The van der Waals surface area contributed by atoms with Crippen molar-refractivity contribution in [2.45, 2.75) is 44.2 Å². The van der Waals surface area contributed by atoms with E-state index in [0.717, 1.165) is 11.8 Å². The lowest BCUT2D eigenvalue weighted by Crippen LogP contribution is -2.52. The number of sulfonamides is 1. The van der Waals surface area contributed by atoms with Crippen LogP contribution in [0.4, 0.5) is 0 Å². The summed E-state index contributed by atoms with van der Waals surface area (Å²) in [5.74, 6) is -1.74. The average Bonchev–Trinajstić information content (AvgIpc) is 3.30. The van der Waals surface area contributed by atoms with Crippen LogP contribution in [0.15, 0.2) is 59.8 Å². The number of aromatic nitrogens is 2. The highest BCUT2D eigenvalue weighted by atomic mass is 32.2. The Hall–Kier alpha value is -2.80. The van der Waals surface area contributed by atoms with Gasteiger partial charge in [0.05, 0.1) is 40.2 Å². The zero-order valence-electron chi connectivity index (χ0n) is 22.0. The zero-order chi connectivity index (χ0) is 28.1. The monoisotopic (exact) mass is 564 g/mol. The second-order valence-corrected chi connectivity index (χ2v) is 14.3. The van der Waals surface area contributed by atoms with Gasteiger partial charge in [-0.3, -0.25) is 4.79 Å². The SMILES string of the molecule is CC(C)CN(CC(O)C(Cc1ccccc1)NC(=O)C(C)CS(C)(=O)=O)S(=O)(=O)c1ccc2nc[nH]c2c1. The molecule has 3 N–H and O–H groups in total. The van der Waals surface area contributed by atoms with Gasteiger partial charge in [-0.1, -0.05) is 51.1 Å². The Morgan fingerprint density at radius 2 is 1.74 bits per heavy atom. The molecule has 10 nitrogen and oxygen atoms in total. The molecule has 0 saturated carbocycles. The van der Waals surface area contributed by atoms with Gasteiger partial charge in [-0.25, -0.2) is 21.8 Å². The number of rotatable bonds is 13. The maximum atomic E-state index is 13.7. The van der Waals surface area contributed by atoms with E-state index in [-0.39, 0.29) is 36.1 Å². The van der Waals surface area contributed by atoms with Gasteiger partial charge in [-0.2, -0.15) is 4.31 Å². The lowest BCUT2D eigenvalue weighted by Gasteiger charge is -2.31. The van der Waals surface area contributed by atoms with Gasteiger partial charge in [-0.05, 0) is 36.1 Å². The number of nitrogens with one attached hydrogen (secondary N) is 2. The van der Waals surface area contributed by atoms with Gasteiger partial charge >= 0.3 is 0 Å². The Bertz CT molecular complexity index is 1440. The molecule has 1 amide bonds. The molecule has 12 heteroatoms. The van der Waals surface area contributed by atoms with Gasteiger partial charge < -0.3 is 15.4 Å². The van der Waals surface area contributed by atoms with Crippen LogP contribution in [-0.2, 0) is 31.1 Å². The first-order valence-corrected chi connectivity index (χ1v) is 15.9. The van der Waals surface area contributed by atoms with Crippen molar-refractivity contribution in [3.05, 3.63) is 60.4 Å². The van der Waals surface area contributed by atoms with Gasteiger partial charge in [0.25, 0.3) is 0 Å². The van der Waals surface area contributed by atoms with Gasteiger partial charge in [0.15, 0.2) is 0 Å². The van der Waals surface area contributed by atoms with E-state index in [2.05, 4.69) is 15.3 Å². The summed E-state index contributed by atoms with van der Waals surface area (Å²) in [6.45, 7) is 5.15. The molecule has 1 heterocycles. The van der Waals surface area contributed by atoms with Crippen LogP contribution in [0.2, 0.25) is 0 Å². The van der Waals surface area contributed by atoms with Crippen molar-refractivity contribution in [1.82, 2.24) is 19.6 Å². The average molecular weight is 565 g/mol. The molecule has 0 spiro atoms. The van der Waals surface area contributed by atoms with Crippen molar-refractivity contribution in [3.63, 3.8) is 0 Å². The van der Waals surface area contributed by atoms with Crippen LogP contribution < -0.4 is 5.32 Å². The van der Waals surface area contributed by atoms with Gasteiger partial charge in [0, 0.05) is 25.3 Å². The van der Waals surface area contributed by atoms with Crippen molar-refractivity contribution in [2.75, 3.05) is 25.1 Å². The van der Waals surface area contributed by atoms with E-state index in [4.69, 9.17) is 0 Å².